The number of nitrogens with zero attached hydrogens (tertiary/aromatic N) is 4. The van der Waals surface area contributed by atoms with Gasteiger partial charge >= 0.3 is 0 Å². The Labute approximate surface area is 175 Å². The molecule has 0 unspecified atom stereocenters. The van der Waals surface area contributed by atoms with Crippen molar-refractivity contribution in [3.05, 3.63) is 110 Å². The molecule has 0 fully saturated rings. The summed E-state index contributed by atoms with van der Waals surface area (Å²) in [7, 11) is 0. The summed E-state index contributed by atoms with van der Waals surface area (Å²) < 4.78 is 0. The highest BCUT2D eigenvalue weighted by atomic mass is 15.0. The first-order chi connectivity index (χ1) is 14.9. The second kappa shape index (κ2) is 8.05. The fourth-order valence-corrected chi connectivity index (χ4v) is 3.36. The molecule has 4 heteroatoms. The van der Waals surface area contributed by atoms with Crippen LogP contribution in [0.1, 0.15) is 0 Å². The van der Waals surface area contributed by atoms with Crippen LogP contribution in [0.25, 0.3) is 45.0 Å². The Balaban J connectivity index is 1.40. The van der Waals surface area contributed by atoms with Crippen LogP contribution in [0.15, 0.2) is 110 Å². The Morgan fingerprint density at radius 3 is 1.50 bits per heavy atom. The molecule has 0 bridgehead atoms. The molecule has 5 aromatic rings. The van der Waals surface area contributed by atoms with E-state index in [4.69, 9.17) is 0 Å². The SMILES string of the molecule is c1ccc(-c2ncnc(-c3ccc(-c4ccc(-c5cccnc5)cc4)cc3)n2)cc1. The summed E-state index contributed by atoms with van der Waals surface area (Å²) in [4.78, 5) is 17.5. The first-order valence-corrected chi connectivity index (χ1v) is 9.72. The quantitative estimate of drug-likeness (QED) is 0.384. The number of rotatable bonds is 4. The zero-order valence-corrected chi connectivity index (χ0v) is 16.2. The molecule has 30 heavy (non-hydrogen) atoms. The summed E-state index contributed by atoms with van der Waals surface area (Å²) in [6.07, 6.45) is 5.23. The van der Waals surface area contributed by atoms with Crippen molar-refractivity contribution in [2.24, 2.45) is 0 Å². The van der Waals surface area contributed by atoms with Crippen LogP contribution < -0.4 is 0 Å². The third-order valence-corrected chi connectivity index (χ3v) is 4.96. The molecule has 0 aliphatic heterocycles. The lowest BCUT2D eigenvalue weighted by Gasteiger charge is -2.07. The molecule has 2 aromatic heterocycles. The maximum absolute atomic E-state index is 4.63. The number of hydrogen-bond acceptors (Lipinski definition) is 4. The molecule has 4 nitrogen and oxygen atoms in total. The van der Waals surface area contributed by atoms with Gasteiger partial charge in [-0.25, -0.2) is 15.0 Å². The van der Waals surface area contributed by atoms with E-state index in [-0.39, 0.29) is 0 Å². The van der Waals surface area contributed by atoms with Crippen molar-refractivity contribution in [3.63, 3.8) is 0 Å². The summed E-state index contributed by atoms with van der Waals surface area (Å²) >= 11 is 0. The van der Waals surface area contributed by atoms with Crippen LogP contribution in [-0.4, -0.2) is 19.9 Å². The highest BCUT2D eigenvalue weighted by Gasteiger charge is 2.07. The Morgan fingerprint density at radius 1 is 0.433 bits per heavy atom. The van der Waals surface area contributed by atoms with E-state index in [0.29, 0.717) is 11.6 Å². The maximum Gasteiger partial charge on any atom is 0.163 e. The lowest BCUT2D eigenvalue weighted by molar-refractivity contribution is 1.07. The first kappa shape index (κ1) is 17.9. The van der Waals surface area contributed by atoms with E-state index >= 15 is 0 Å². The van der Waals surface area contributed by atoms with Gasteiger partial charge in [-0.15, -0.1) is 0 Å². The predicted molar refractivity (Wildman–Crippen MR) is 119 cm³/mol. The van der Waals surface area contributed by atoms with Gasteiger partial charge in [-0.3, -0.25) is 4.98 Å². The van der Waals surface area contributed by atoms with Gasteiger partial charge < -0.3 is 0 Å². The second-order valence-corrected chi connectivity index (χ2v) is 6.90. The molecule has 0 radical (unpaired) electrons. The number of pyridine rings is 1. The molecule has 3 aromatic carbocycles. The largest absolute Gasteiger partial charge is 0.264 e. The Morgan fingerprint density at radius 2 is 0.933 bits per heavy atom. The second-order valence-electron chi connectivity index (χ2n) is 6.90. The predicted octanol–water partition coefficient (Wildman–Crippen LogP) is 5.93. The van der Waals surface area contributed by atoms with Crippen molar-refractivity contribution in [1.29, 1.82) is 0 Å². The minimum atomic E-state index is 0.669. The van der Waals surface area contributed by atoms with Crippen LogP contribution in [0.5, 0.6) is 0 Å². The fraction of sp³-hybridized carbons (Fsp3) is 0. The first-order valence-electron chi connectivity index (χ1n) is 9.72. The Bertz CT molecular complexity index is 1250. The summed E-state index contributed by atoms with van der Waals surface area (Å²) in [5.74, 6) is 1.35. The third kappa shape index (κ3) is 3.71. The summed E-state index contributed by atoms with van der Waals surface area (Å²) in [5.41, 5.74) is 6.52. The van der Waals surface area contributed by atoms with Crippen LogP contribution in [0, 0.1) is 0 Å². The minimum Gasteiger partial charge on any atom is -0.264 e. The Kier molecular flexibility index (Phi) is 4.80. The van der Waals surface area contributed by atoms with Crippen molar-refractivity contribution < 1.29 is 0 Å². The van der Waals surface area contributed by atoms with Crippen molar-refractivity contribution in [2.45, 2.75) is 0 Å². The van der Waals surface area contributed by atoms with Gasteiger partial charge in [-0.05, 0) is 28.3 Å². The maximum atomic E-state index is 4.63. The van der Waals surface area contributed by atoms with E-state index < -0.39 is 0 Å². The van der Waals surface area contributed by atoms with Crippen molar-refractivity contribution >= 4 is 0 Å². The molecule has 0 saturated heterocycles. The van der Waals surface area contributed by atoms with Crippen molar-refractivity contribution in [2.75, 3.05) is 0 Å². The van der Waals surface area contributed by atoms with Gasteiger partial charge in [0.1, 0.15) is 6.33 Å². The van der Waals surface area contributed by atoms with Gasteiger partial charge in [0.2, 0.25) is 0 Å². The molecule has 5 rings (SSSR count). The number of aromatic nitrogens is 4. The number of benzene rings is 3. The Hall–Kier alpha value is -4.18. The molecule has 0 atom stereocenters. The minimum absolute atomic E-state index is 0.669. The van der Waals surface area contributed by atoms with E-state index in [1.807, 2.05) is 42.6 Å². The highest BCUT2D eigenvalue weighted by molar-refractivity contribution is 5.72. The molecule has 142 valence electrons. The van der Waals surface area contributed by atoms with E-state index in [1.54, 1.807) is 12.5 Å². The van der Waals surface area contributed by atoms with Crippen LogP contribution in [0.4, 0.5) is 0 Å². The number of hydrogen-bond donors (Lipinski definition) is 0. The monoisotopic (exact) mass is 386 g/mol. The van der Waals surface area contributed by atoms with Gasteiger partial charge in [0.15, 0.2) is 11.6 Å². The van der Waals surface area contributed by atoms with Gasteiger partial charge in [0.25, 0.3) is 0 Å². The van der Waals surface area contributed by atoms with Crippen LogP contribution >= 0.6 is 0 Å². The highest BCUT2D eigenvalue weighted by Crippen LogP contribution is 2.26. The summed E-state index contributed by atoms with van der Waals surface area (Å²) in [6.45, 7) is 0. The smallest absolute Gasteiger partial charge is 0.163 e. The molecular weight excluding hydrogens is 368 g/mol. The van der Waals surface area contributed by atoms with Gasteiger partial charge in [-0.1, -0.05) is 84.9 Å². The zero-order valence-electron chi connectivity index (χ0n) is 16.2. The normalized spacial score (nSPS) is 10.7. The van der Waals surface area contributed by atoms with Gasteiger partial charge in [0.05, 0.1) is 0 Å². The summed E-state index contributed by atoms with van der Waals surface area (Å²) in [5, 5.41) is 0. The van der Waals surface area contributed by atoms with Crippen LogP contribution in [0.3, 0.4) is 0 Å². The molecule has 0 amide bonds. The van der Waals surface area contributed by atoms with Gasteiger partial charge in [0, 0.05) is 23.5 Å². The van der Waals surface area contributed by atoms with E-state index in [9.17, 15) is 0 Å². The molecule has 0 aliphatic carbocycles. The molecule has 0 aliphatic rings. The average molecular weight is 386 g/mol. The molecule has 0 saturated carbocycles. The molecule has 2 heterocycles. The topological polar surface area (TPSA) is 51.6 Å². The molecule has 0 spiro atoms. The van der Waals surface area contributed by atoms with Crippen molar-refractivity contribution in [3.8, 4) is 45.0 Å². The third-order valence-electron chi connectivity index (χ3n) is 4.96. The molecular formula is C26H18N4. The van der Waals surface area contributed by atoms with E-state index in [0.717, 1.165) is 33.4 Å². The summed E-state index contributed by atoms with van der Waals surface area (Å²) in [6, 6.07) is 30.8. The van der Waals surface area contributed by atoms with E-state index in [2.05, 4.69) is 74.5 Å². The fourth-order valence-electron chi connectivity index (χ4n) is 3.36. The molecule has 0 N–H and O–H groups in total. The van der Waals surface area contributed by atoms with Crippen LogP contribution in [-0.2, 0) is 0 Å². The standard InChI is InChI=1S/C26H18N4/c1-2-5-22(6-3-1)25-28-18-29-26(30-25)23-14-12-20(13-15-23)19-8-10-21(11-9-19)24-7-4-16-27-17-24/h1-18H. The van der Waals surface area contributed by atoms with Crippen molar-refractivity contribution in [1.82, 2.24) is 19.9 Å². The van der Waals surface area contributed by atoms with E-state index in [1.165, 1.54) is 0 Å². The lowest BCUT2D eigenvalue weighted by Crippen LogP contribution is -1.95. The average Bonchev–Trinajstić information content (AvgIpc) is 2.85. The van der Waals surface area contributed by atoms with Gasteiger partial charge in [-0.2, -0.15) is 0 Å². The lowest BCUT2D eigenvalue weighted by atomic mass is 10.0. The van der Waals surface area contributed by atoms with Crippen LogP contribution in [0.2, 0.25) is 0 Å². The zero-order chi connectivity index (χ0) is 20.2.